The molecule has 0 bridgehead atoms. The molecule has 1 saturated carbocycles. The molecule has 3 nitrogen and oxygen atoms in total. The summed E-state index contributed by atoms with van der Waals surface area (Å²) in [7, 11) is 3.58. The third kappa shape index (κ3) is 1.89. The van der Waals surface area contributed by atoms with E-state index >= 15 is 0 Å². The van der Waals surface area contributed by atoms with Crippen LogP contribution in [0.2, 0.25) is 0 Å². The summed E-state index contributed by atoms with van der Waals surface area (Å²) in [6, 6.07) is 10.5. The molecule has 3 heteroatoms. The summed E-state index contributed by atoms with van der Waals surface area (Å²) in [5.74, 6) is 0.855. The van der Waals surface area contributed by atoms with Crippen molar-refractivity contribution in [3.63, 3.8) is 0 Å². The molecule has 0 aromatic heterocycles. The van der Waals surface area contributed by atoms with E-state index in [1.165, 1.54) is 0 Å². The average molecular weight is 230 g/mol. The van der Waals surface area contributed by atoms with Crippen molar-refractivity contribution in [2.45, 2.75) is 25.3 Å². The maximum Gasteiger partial charge on any atom is 0.123 e. The van der Waals surface area contributed by atoms with Crippen molar-refractivity contribution in [3.05, 3.63) is 29.8 Å². The van der Waals surface area contributed by atoms with Gasteiger partial charge >= 0.3 is 0 Å². The van der Waals surface area contributed by atoms with Crippen molar-refractivity contribution in [1.82, 2.24) is 5.32 Å². The molecule has 1 N–H and O–H groups in total. The van der Waals surface area contributed by atoms with Gasteiger partial charge in [-0.15, -0.1) is 0 Å². The topological polar surface area (TPSA) is 45.0 Å². The third-order valence-electron chi connectivity index (χ3n) is 3.76. The van der Waals surface area contributed by atoms with Crippen LogP contribution in [0, 0.1) is 16.7 Å². The summed E-state index contributed by atoms with van der Waals surface area (Å²) in [5, 5.41) is 12.7. The molecule has 90 valence electrons. The number of ether oxygens (including phenoxy) is 1. The maximum absolute atomic E-state index is 9.43. The molecule has 1 aromatic carbocycles. The van der Waals surface area contributed by atoms with Crippen LogP contribution >= 0.6 is 0 Å². The smallest absolute Gasteiger partial charge is 0.123 e. The minimum atomic E-state index is -0.261. The minimum Gasteiger partial charge on any atom is -0.496 e. The molecule has 0 aliphatic heterocycles. The Hall–Kier alpha value is -1.53. The average Bonchev–Trinajstić information content (AvgIpc) is 2.33. The number of hydrogen-bond acceptors (Lipinski definition) is 3. The second kappa shape index (κ2) is 4.77. The number of nitrogens with one attached hydrogen (secondary N) is 1. The molecule has 0 radical (unpaired) electrons. The summed E-state index contributed by atoms with van der Waals surface area (Å²) >= 11 is 0. The molecular formula is C14H18N2O. The lowest BCUT2D eigenvalue weighted by Gasteiger charge is -2.42. The zero-order chi connectivity index (χ0) is 12.3. The number of nitriles is 1. The fraction of sp³-hybridized carbons (Fsp3) is 0.500. The van der Waals surface area contributed by atoms with Gasteiger partial charge < -0.3 is 10.1 Å². The quantitative estimate of drug-likeness (QED) is 0.864. The molecule has 17 heavy (non-hydrogen) atoms. The molecule has 1 aliphatic rings. The fourth-order valence-electron chi connectivity index (χ4n) is 2.66. The zero-order valence-electron chi connectivity index (χ0n) is 10.4. The standard InChI is InChI=1S/C14H18N2O/c1-16-13(14(10-15)8-5-9-14)11-6-3-4-7-12(11)17-2/h3-4,6-7,13,16H,5,8-9H2,1-2H3. The van der Waals surface area contributed by atoms with Crippen molar-refractivity contribution in [2.24, 2.45) is 5.41 Å². The second-order valence-electron chi connectivity index (χ2n) is 4.59. The van der Waals surface area contributed by atoms with Gasteiger partial charge in [-0.05, 0) is 26.0 Å². The monoisotopic (exact) mass is 230 g/mol. The van der Waals surface area contributed by atoms with E-state index in [2.05, 4.69) is 11.4 Å². The molecule has 1 fully saturated rings. The molecular weight excluding hydrogens is 212 g/mol. The van der Waals surface area contributed by atoms with Gasteiger partial charge in [-0.1, -0.05) is 24.6 Å². The summed E-state index contributed by atoms with van der Waals surface area (Å²) < 4.78 is 5.39. The number of hydrogen-bond donors (Lipinski definition) is 1. The molecule has 0 amide bonds. The van der Waals surface area contributed by atoms with Crippen LogP contribution < -0.4 is 10.1 Å². The maximum atomic E-state index is 9.43. The van der Waals surface area contributed by atoms with Gasteiger partial charge in [0.25, 0.3) is 0 Å². The Labute approximate surface area is 102 Å². The van der Waals surface area contributed by atoms with E-state index in [4.69, 9.17) is 4.74 Å². The Bertz CT molecular complexity index is 432. The van der Waals surface area contributed by atoms with Gasteiger partial charge in [-0.25, -0.2) is 0 Å². The van der Waals surface area contributed by atoms with Crippen LogP contribution in [0.5, 0.6) is 5.75 Å². The van der Waals surface area contributed by atoms with Crippen molar-refractivity contribution < 1.29 is 4.74 Å². The van der Waals surface area contributed by atoms with Gasteiger partial charge in [0.1, 0.15) is 5.75 Å². The lowest BCUT2D eigenvalue weighted by atomic mass is 9.63. The Morgan fingerprint density at radius 1 is 1.41 bits per heavy atom. The lowest BCUT2D eigenvalue weighted by Crippen LogP contribution is -2.41. The van der Waals surface area contributed by atoms with Crippen molar-refractivity contribution in [3.8, 4) is 11.8 Å². The van der Waals surface area contributed by atoms with E-state index < -0.39 is 0 Å². The summed E-state index contributed by atoms with van der Waals surface area (Å²) in [4.78, 5) is 0. The number of rotatable bonds is 4. The molecule has 1 atom stereocenters. The molecule has 1 unspecified atom stereocenters. The predicted molar refractivity (Wildman–Crippen MR) is 66.7 cm³/mol. The summed E-state index contributed by atoms with van der Waals surface area (Å²) in [6.45, 7) is 0. The van der Waals surface area contributed by atoms with Crippen molar-refractivity contribution in [2.75, 3.05) is 14.2 Å². The van der Waals surface area contributed by atoms with Gasteiger partial charge in [0.15, 0.2) is 0 Å². The largest absolute Gasteiger partial charge is 0.496 e. The molecule has 1 aliphatic carbocycles. The van der Waals surface area contributed by atoms with E-state index in [0.717, 1.165) is 30.6 Å². The zero-order valence-corrected chi connectivity index (χ0v) is 10.4. The molecule has 1 aromatic rings. The normalized spacial score (nSPS) is 18.9. The first-order chi connectivity index (χ1) is 8.27. The van der Waals surface area contributed by atoms with Gasteiger partial charge in [0.2, 0.25) is 0 Å². The first-order valence-electron chi connectivity index (χ1n) is 5.99. The number of methoxy groups -OCH3 is 1. The van der Waals surface area contributed by atoms with Crippen molar-refractivity contribution in [1.29, 1.82) is 5.26 Å². The predicted octanol–water partition coefficient (Wildman–Crippen LogP) is 2.65. The van der Waals surface area contributed by atoms with Crippen LogP contribution in [-0.4, -0.2) is 14.2 Å². The van der Waals surface area contributed by atoms with Gasteiger partial charge in [-0.2, -0.15) is 5.26 Å². The van der Waals surface area contributed by atoms with E-state index in [1.807, 2.05) is 31.3 Å². The van der Waals surface area contributed by atoms with Crippen molar-refractivity contribution >= 4 is 0 Å². The molecule has 0 saturated heterocycles. The Balaban J connectivity index is 2.39. The van der Waals surface area contributed by atoms with Gasteiger partial charge in [0.05, 0.1) is 24.6 Å². The highest BCUT2D eigenvalue weighted by Gasteiger charge is 2.45. The minimum absolute atomic E-state index is 0.0531. The van der Waals surface area contributed by atoms with Gasteiger partial charge in [-0.3, -0.25) is 0 Å². The highest BCUT2D eigenvalue weighted by atomic mass is 16.5. The van der Waals surface area contributed by atoms with Crippen LogP contribution in [0.1, 0.15) is 30.9 Å². The highest BCUT2D eigenvalue weighted by molar-refractivity contribution is 5.39. The number of benzene rings is 1. The molecule has 0 spiro atoms. The Morgan fingerprint density at radius 2 is 2.12 bits per heavy atom. The van der Waals surface area contributed by atoms with Crippen LogP contribution in [0.25, 0.3) is 0 Å². The van der Waals surface area contributed by atoms with Gasteiger partial charge in [0, 0.05) is 5.56 Å². The first kappa shape index (κ1) is 11.9. The third-order valence-corrected chi connectivity index (χ3v) is 3.76. The van der Waals surface area contributed by atoms with E-state index in [-0.39, 0.29) is 11.5 Å². The highest BCUT2D eigenvalue weighted by Crippen LogP contribution is 2.51. The second-order valence-corrected chi connectivity index (χ2v) is 4.59. The Kier molecular flexibility index (Phi) is 3.35. The number of para-hydroxylation sites is 1. The SMILES string of the molecule is CNC(c1ccccc1OC)C1(C#N)CCC1. The molecule has 0 heterocycles. The number of nitrogens with zero attached hydrogens (tertiary/aromatic N) is 1. The van der Waals surface area contributed by atoms with E-state index in [9.17, 15) is 5.26 Å². The van der Waals surface area contributed by atoms with E-state index in [1.54, 1.807) is 7.11 Å². The lowest BCUT2D eigenvalue weighted by molar-refractivity contribution is 0.147. The van der Waals surface area contributed by atoms with Crippen LogP contribution in [0.3, 0.4) is 0 Å². The first-order valence-corrected chi connectivity index (χ1v) is 5.99. The van der Waals surface area contributed by atoms with E-state index in [0.29, 0.717) is 0 Å². The molecule has 2 rings (SSSR count). The van der Waals surface area contributed by atoms with Crippen LogP contribution in [0.4, 0.5) is 0 Å². The fourth-order valence-corrected chi connectivity index (χ4v) is 2.66. The summed E-state index contributed by atoms with van der Waals surface area (Å²) in [6.07, 6.45) is 3.07. The summed E-state index contributed by atoms with van der Waals surface area (Å²) in [5.41, 5.74) is 0.822. The Morgan fingerprint density at radius 3 is 2.59 bits per heavy atom. The van der Waals surface area contributed by atoms with Crippen LogP contribution in [0.15, 0.2) is 24.3 Å². The van der Waals surface area contributed by atoms with Crippen LogP contribution in [-0.2, 0) is 0 Å².